The summed E-state index contributed by atoms with van der Waals surface area (Å²) >= 11 is 5.47. The van der Waals surface area contributed by atoms with E-state index in [9.17, 15) is 4.39 Å². The summed E-state index contributed by atoms with van der Waals surface area (Å²) in [7, 11) is 1.73. The van der Waals surface area contributed by atoms with Crippen LogP contribution in [0.5, 0.6) is 0 Å². The first-order valence-corrected chi connectivity index (χ1v) is 4.57. The Bertz CT molecular complexity index is 352. The third kappa shape index (κ3) is 2.60. The number of nitrogens with zero attached hydrogens (tertiary/aromatic N) is 1. The Kier molecular flexibility index (Phi) is 3.71. The smallest absolute Gasteiger partial charge is 0.125 e. The van der Waals surface area contributed by atoms with Crippen LogP contribution in [0.4, 0.5) is 15.8 Å². The van der Waals surface area contributed by atoms with Crippen LogP contribution in [-0.2, 0) is 0 Å². The summed E-state index contributed by atoms with van der Waals surface area (Å²) in [6.45, 7) is 0. The van der Waals surface area contributed by atoms with Crippen LogP contribution in [0.25, 0.3) is 0 Å². The second kappa shape index (κ2) is 4.81. The van der Waals surface area contributed by atoms with Gasteiger partial charge in [0.2, 0.25) is 0 Å². The van der Waals surface area contributed by atoms with E-state index in [1.807, 2.05) is 0 Å². The molecule has 5 heteroatoms. The molecule has 0 amide bonds. The molecule has 0 aliphatic rings. The monoisotopic (exact) mass is 215 g/mol. The van der Waals surface area contributed by atoms with Crippen LogP contribution >= 0.6 is 11.6 Å². The number of amidine groups is 1. The van der Waals surface area contributed by atoms with Gasteiger partial charge in [-0.3, -0.25) is 0 Å². The van der Waals surface area contributed by atoms with Gasteiger partial charge in [0.15, 0.2) is 0 Å². The van der Waals surface area contributed by atoms with E-state index >= 15 is 0 Å². The van der Waals surface area contributed by atoms with Gasteiger partial charge in [0.05, 0.1) is 17.3 Å². The number of anilines is 1. The maximum Gasteiger partial charge on any atom is 0.125 e. The van der Waals surface area contributed by atoms with Crippen LogP contribution in [0, 0.1) is 5.82 Å². The van der Waals surface area contributed by atoms with Gasteiger partial charge in [-0.25, -0.2) is 9.38 Å². The third-order valence-corrected chi connectivity index (χ3v) is 1.90. The first-order chi connectivity index (χ1) is 6.67. The van der Waals surface area contributed by atoms with Crippen LogP contribution in [-0.4, -0.2) is 18.8 Å². The van der Waals surface area contributed by atoms with E-state index in [1.54, 1.807) is 13.1 Å². The lowest BCUT2D eigenvalue weighted by Gasteiger charge is -2.05. The van der Waals surface area contributed by atoms with Crippen LogP contribution in [0.3, 0.4) is 0 Å². The standard InChI is InChI=1S/C9H11ClFN3/c1-13-7-3-2-6(11)4-8(7)14-9(12)5-10/h2-4,13H,5H2,1H3,(H2,12,14). The largest absolute Gasteiger partial charge is 0.386 e. The summed E-state index contributed by atoms with van der Waals surface area (Å²) < 4.78 is 12.9. The van der Waals surface area contributed by atoms with Gasteiger partial charge in [-0.2, -0.15) is 0 Å². The van der Waals surface area contributed by atoms with E-state index in [2.05, 4.69) is 10.3 Å². The molecule has 0 saturated carbocycles. The minimum Gasteiger partial charge on any atom is -0.386 e. The zero-order chi connectivity index (χ0) is 10.6. The van der Waals surface area contributed by atoms with Crippen molar-refractivity contribution in [2.45, 2.75) is 0 Å². The summed E-state index contributed by atoms with van der Waals surface area (Å²) in [5.41, 5.74) is 6.60. The first-order valence-electron chi connectivity index (χ1n) is 4.03. The Hall–Kier alpha value is -1.29. The minimum absolute atomic E-state index is 0.125. The van der Waals surface area contributed by atoms with E-state index in [1.165, 1.54) is 12.1 Å². The molecule has 1 rings (SSSR count). The average Bonchev–Trinajstić information content (AvgIpc) is 2.18. The zero-order valence-corrected chi connectivity index (χ0v) is 8.48. The Morgan fingerprint density at radius 2 is 2.36 bits per heavy atom. The molecule has 1 aromatic rings. The van der Waals surface area contributed by atoms with Crippen molar-refractivity contribution in [2.75, 3.05) is 18.2 Å². The van der Waals surface area contributed by atoms with E-state index in [-0.39, 0.29) is 17.5 Å². The number of halogens is 2. The zero-order valence-electron chi connectivity index (χ0n) is 7.72. The van der Waals surface area contributed by atoms with Crippen LogP contribution in [0.15, 0.2) is 23.2 Å². The minimum atomic E-state index is -0.356. The van der Waals surface area contributed by atoms with Crippen molar-refractivity contribution in [1.29, 1.82) is 0 Å². The van der Waals surface area contributed by atoms with Gasteiger partial charge in [-0.15, -0.1) is 11.6 Å². The van der Waals surface area contributed by atoms with E-state index in [4.69, 9.17) is 17.3 Å². The number of rotatable bonds is 3. The molecular weight excluding hydrogens is 205 g/mol. The second-order valence-electron chi connectivity index (χ2n) is 2.65. The van der Waals surface area contributed by atoms with Gasteiger partial charge in [0.25, 0.3) is 0 Å². The topological polar surface area (TPSA) is 50.4 Å². The van der Waals surface area contributed by atoms with Crippen molar-refractivity contribution in [2.24, 2.45) is 10.7 Å². The molecule has 0 radical (unpaired) electrons. The predicted molar refractivity (Wildman–Crippen MR) is 57.9 cm³/mol. The van der Waals surface area contributed by atoms with E-state index in [0.29, 0.717) is 11.4 Å². The van der Waals surface area contributed by atoms with Crippen molar-refractivity contribution in [3.05, 3.63) is 24.0 Å². The maximum absolute atomic E-state index is 12.9. The molecule has 0 bridgehead atoms. The van der Waals surface area contributed by atoms with Gasteiger partial charge in [0.1, 0.15) is 11.7 Å². The number of benzene rings is 1. The van der Waals surface area contributed by atoms with Gasteiger partial charge in [-0.05, 0) is 12.1 Å². The van der Waals surface area contributed by atoms with Crippen LogP contribution < -0.4 is 11.1 Å². The summed E-state index contributed by atoms with van der Waals surface area (Å²) in [4.78, 5) is 3.97. The fraction of sp³-hybridized carbons (Fsp3) is 0.222. The Morgan fingerprint density at radius 1 is 1.64 bits per heavy atom. The van der Waals surface area contributed by atoms with Crippen molar-refractivity contribution >= 4 is 28.8 Å². The SMILES string of the molecule is CNc1ccc(F)cc1N=C(N)CCl. The molecule has 0 unspecified atom stereocenters. The molecule has 0 aliphatic carbocycles. The highest BCUT2D eigenvalue weighted by atomic mass is 35.5. The Balaban J connectivity index is 3.11. The number of aliphatic imine (C=N–C) groups is 1. The summed E-state index contributed by atoms with van der Waals surface area (Å²) in [5, 5.41) is 2.88. The van der Waals surface area contributed by atoms with Gasteiger partial charge in [-0.1, -0.05) is 0 Å². The molecule has 3 nitrogen and oxygen atoms in total. The molecule has 0 fully saturated rings. The fourth-order valence-electron chi connectivity index (χ4n) is 0.993. The number of hydrogen-bond donors (Lipinski definition) is 2. The highest BCUT2D eigenvalue weighted by Crippen LogP contribution is 2.25. The normalized spacial score (nSPS) is 11.5. The van der Waals surface area contributed by atoms with E-state index in [0.717, 1.165) is 0 Å². The van der Waals surface area contributed by atoms with Gasteiger partial charge < -0.3 is 11.1 Å². The summed E-state index contributed by atoms with van der Waals surface area (Å²) in [6, 6.07) is 4.24. The molecule has 3 N–H and O–H groups in total. The second-order valence-corrected chi connectivity index (χ2v) is 2.92. The first kappa shape index (κ1) is 10.8. The molecule has 14 heavy (non-hydrogen) atoms. The Labute approximate surface area is 86.8 Å². The predicted octanol–water partition coefficient (Wildman–Crippen LogP) is 2.09. The molecule has 76 valence electrons. The maximum atomic E-state index is 12.9. The fourth-order valence-corrected chi connectivity index (χ4v) is 1.05. The molecule has 0 spiro atoms. The number of hydrogen-bond acceptors (Lipinski definition) is 2. The van der Waals surface area contributed by atoms with Crippen molar-refractivity contribution in [3.8, 4) is 0 Å². The third-order valence-electron chi connectivity index (χ3n) is 1.63. The lowest BCUT2D eigenvalue weighted by molar-refractivity contribution is 0.628. The molecule has 0 heterocycles. The lowest BCUT2D eigenvalue weighted by atomic mass is 10.2. The van der Waals surface area contributed by atoms with E-state index < -0.39 is 0 Å². The average molecular weight is 216 g/mol. The number of nitrogens with two attached hydrogens (primary N) is 1. The lowest BCUT2D eigenvalue weighted by Crippen LogP contribution is -2.12. The summed E-state index contributed by atoms with van der Waals surface area (Å²) in [5.74, 6) is 0.0264. The summed E-state index contributed by atoms with van der Waals surface area (Å²) in [6.07, 6.45) is 0. The molecule has 0 atom stereocenters. The molecule has 0 aliphatic heterocycles. The highest BCUT2D eigenvalue weighted by molar-refractivity contribution is 6.28. The molecule has 0 aromatic heterocycles. The van der Waals surface area contributed by atoms with Gasteiger partial charge >= 0.3 is 0 Å². The van der Waals surface area contributed by atoms with Crippen molar-refractivity contribution < 1.29 is 4.39 Å². The molecule has 1 aromatic carbocycles. The quantitative estimate of drug-likeness (QED) is 0.461. The molecular formula is C9H11ClFN3. The highest BCUT2D eigenvalue weighted by Gasteiger charge is 2.01. The molecule has 0 saturated heterocycles. The number of alkyl halides is 1. The number of nitrogens with one attached hydrogen (secondary N) is 1. The van der Waals surface area contributed by atoms with Crippen molar-refractivity contribution in [1.82, 2.24) is 0 Å². The van der Waals surface area contributed by atoms with Crippen LogP contribution in [0.1, 0.15) is 0 Å². The van der Waals surface area contributed by atoms with Crippen LogP contribution in [0.2, 0.25) is 0 Å². The van der Waals surface area contributed by atoms with Gasteiger partial charge in [0, 0.05) is 13.1 Å². The van der Waals surface area contributed by atoms with Crippen molar-refractivity contribution in [3.63, 3.8) is 0 Å². The Morgan fingerprint density at radius 3 is 2.93 bits per heavy atom.